The SMILES string of the molecule is C/C=C/[C@H](O[Si](C)(C)C(C)(C)C)C(C)(C)[C@@H]1C/C=C\[C@H]2O[C@H]2/C=C/C=C\c2nc(co2)C(=O)O[C@H](C(C)(C)[C@@H](C)/C=C/C)C/C=C\[C@H]2O[C@H]2/C=C/C=C\c2nc(co2)C(=O)O1. The topological polar surface area (TPSA) is 139 Å². The Bertz CT molecular complexity index is 2050. The maximum absolute atomic E-state index is 13.7. The molecule has 3 aliphatic heterocycles. The van der Waals surface area contributed by atoms with Crippen molar-refractivity contribution in [1.82, 2.24) is 9.97 Å². The molecule has 12 heteroatoms. The Hall–Kier alpha value is -4.62. The number of hydrogen-bond donors (Lipinski definition) is 0. The molecule has 2 aromatic rings. The Balaban J connectivity index is 1.38. The summed E-state index contributed by atoms with van der Waals surface area (Å²) < 4.78 is 42.4. The number of carbonyl (C=O) groups excluding carboxylic acids is 2. The molecule has 2 aromatic heterocycles. The van der Waals surface area contributed by atoms with Gasteiger partial charge < -0.3 is 32.2 Å². The van der Waals surface area contributed by atoms with Crippen LogP contribution in [0.25, 0.3) is 12.2 Å². The quantitative estimate of drug-likeness (QED) is 0.108. The van der Waals surface area contributed by atoms with Crippen molar-refractivity contribution in [3.8, 4) is 0 Å². The normalized spacial score (nSPS) is 29.0. The molecule has 330 valence electrons. The molecule has 5 heterocycles. The van der Waals surface area contributed by atoms with Crippen LogP contribution in [0.5, 0.6) is 0 Å². The summed E-state index contributed by atoms with van der Waals surface area (Å²) in [7, 11) is -2.22. The van der Waals surface area contributed by atoms with Gasteiger partial charge in [-0.15, -0.1) is 0 Å². The van der Waals surface area contributed by atoms with Gasteiger partial charge in [-0.05, 0) is 37.9 Å². The fraction of sp³-hybridized carbons (Fsp3) is 0.510. The highest BCUT2D eigenvalue weighted by molar-refractivity contribution is 6.74. The Morgan fingerprint density at radius 2 is 1.11 bits per heavy atom. The summed E-state index contributed by atoms with van der Waals surface area (Å²) in [6.45, 7) is 25.5. The highest BCUT2D eigenvalue weighted by Crippen LogP contribution is 2.43. The smallest absolute Gasteiger partial charge is 0.360 e. The summed E-state index contributed by atoms with van der Waals surface area (Å²) in [5.41, 5.74) is -0.848. The lowest BCUT2D eigenvalue weighted by Crippen LogP contribution is -2.51. The van der Waals surface area contributed by atoms with Crippen molar-refractivity contribution in [2.75, 3.05) is 0 Å². The lowest BCUT2D eigenvalue weighted by Gasteiger charge is -2.45. The van der Waals surface area contributed by atoms with Gasteiger partial charge in [0.1, 0.15) is 49.2 Å². The first-order chi connectivity index (χ1) is 28.8. The average molecular weight is 855 g/mol. The number of rotatable bonds is 8. The molecule has 8 atom stereocenters. The molecule has 11 nitrogen and oxygen atoms in total. The molecule has 0 spiro atoms. The van der Waals surface area contributed by atoms with E-state index in [-0.39, 0.29) is 64.6 Å². The predicted octanol–water partition coefficient (Wildman–Crippen LogP) is 11.2. The summed E-state index contributed by atoms with van der Waals surface area (Å²) >= 11 is 0. The van der Waals surface area contributed by atoms with Crippen LogP contribution in [-0.4, -0.2) is 73.0 Å². The monoisotopic (exact) mass is 854 g/mol. The standard InChI is InChI=1S/C49H66N2O9Si/c1-13-21-33(3)48(7,8)40-27-19-25-38-36(56-38)23-15-18-30-44-51-35(32-55-44)46(53)59-41(49(9,10)42(22-14-2)60-61(11,12)47(4,5)6)28-20-26-39-37(57-39)24-16-17-29-43-50-34(31-54-43)45(52)58-40/h13-26,29-33,36-42H,27-28H2,1-12H3/b21-13+,22-14+,23-15+,24-16+,25-19-,26-20-,29-17-,30-18-/t33-,36-,37-,38+,39+,40-,41-,42-/m0/s1. The highest BCUT2D eigenvalue weighted by atomic mass is 28.4. The largest absolute Gasteiger partial charge is 0.457 e. The summed E-state index contributed by atoms with van der Waals surface area (Å²) in [5, 5.41) is -0.0228. The van der Waals surface area contributed by atoms with Crippen molar-refractivity contribution in [3.05, 3.63) is 121 Å². The fourth-order valence-corrected chi connectivity index (χ4v) is 7.98. The molecule has 2 fully saturated rings. The molecule has 0 radical (unpaired) electrons. The van der Waals surface area contributed by atoms with Gasteiger partial charge in [-0.25, -0.2) is 19.6 Å². The van der Waals surface area contributed by atoms with Gasteiger partial charge in [0.2, 0.25) is 11.8 Å². The number of hydrogen-bond acceptors (Lipinski definition) is 11. The molecule has 2 saturated heterocycles. The first kappa shape index (κ1) is 47.4. The zero-order valence-electron chi connectivity index (χ0n) is 38.0. The third kappa shape index (κ3) is 12.7. The van der Waals surface area contributed by atoms with Gasteiger partial charge in [0.25, 0.3) is 0 Å². The Morgan fingerprint density at radius 1 is 0.672 bits per heavy atom. The van der Waals surface area contributed by atoms with Gasteiger partial charge in [-0.3, -0.25) is 0 Å². The molecule has 3 aliphatic rings. The van der Waals surface area contributed by atoms with Gasteiger partial charge in [-0.2, -0.15) is 0 Å². The van der Waals surface area contributed by atoms with Crippen LogP contribution in [0.15, 0.2) is 106 Å². The molecule has 0 aliphatic carbocycles. The van der Waals surface area contributed by atoms with Crippen molar-refractivity contribution in [1.29, 1.82) is 0 Å². The molecule has 0 unspecified atom stereocenters. The predicted molar refractivity (Wildman–Crippen MR) is 241 cm³/mol. The van der Waals surface area contributed by atoms with Gasteiger partial charge in [0, 0.05) is 35.8 Å². The Morgan fingerprint density at radius 3 is 1.56 bits per heavy atom. The maximum atomic E-state index is 13.7. The number of fused-ring (bicyclic) bond motifs is 6. The van der Waals surface area contributed by atoms with E-state index >= 15 is 0 Å². The van der Waals surface area contributed by atoms with E-state index in [1.807, 2.05) is 74.6 Å². The van der Waals surface area contributed by atoms with Crippen LogP contribution in [0.2, 0.25) is 18.1 Å². The van der Waals surface area contributed by atoms with Crippen molar-refractivity contribution < 1.29 is 41.8 Å². The van der Waals surface area contributed by atoms with E-state index < -0.39 is 43.3 Å². The number of ether oxygens (including phenoxy) is 4. The van der Waals surface area contributed by atoms with E-state index in [1.54, 1.807) is 24.3 Å². The molecule has 5 rings (SSSR count). The van der Waals surface area contributed by atoms with Crippen LogP contribution in [0.4, 0.5) is 0 Å². The van der Waals surface area contributed by atoms with Crippen LogP contribution in [0.1, 0.15) is 115 Å². The summed E-state index contributed by atoms with van der Waals surface area (Å²) in [5.74, 6) is -0.454. The number of esters is 2. The lowest BCUT2D eigenvalue weighted by molar-refractivity contribution is -0.0420. The summed E-state index contributed by atoms with van der Waals surface area (Å²) in [6, 6.07) is 0. The number of carbonyl (C=O) groups is 2. The number of aromatic nitrogens is 2. The van der Waals surface area contributed by atoms with Crippen molar-refractivity contribution in [2.45, 2.75) is 143 Å². The van der Waals surface area contributed by atoms with Crippen LogP contribution < -0.4 is 0 Å². The lowest BCUT2D eigenvalue weighted by atomic mass is 9.74. The number of epoxide rings is 2. The van der Waals surface area contributed by atoms with Crippen LogP contribution >= 0.6 is 0 Å². The van der Waals surface area contributed by atoms with Crippen LogP contribution in [-0.2, 0) is 23.4 Å². The maximum Gasteiger partial charge on any atom is 0.360 e. The van der Waals surface area contributed by atoms with E-state index in [0.29, 0.717) is 12.8 Å². The average Bonchev–Trinajstić information content (AvgIpc) is 3.98. The Kier molecular flexibility index (Phi) is 15.6. The second-order valence-electron chi connectivity index (χ2n) is 18.7. The second-order valence-corrected chi connectivity index (χ2v) is 23.4. The molecule has 0 amide bonds. The first-order valence-corrected chi connectivity index (χ1v) is 24.3. The minimum Gasteiger partial charge on any atom is -0.457 e. The first-order valence-electron chi connectivity index (χ1n) is 21.4. The van der Waals surface area contributed by atoms with Crippen LogP contribution in [0.3, 0.4) is 0 Å². The van der Waals surface area contributed by atoms with Gasteiger partial charge in [0.05, 0.1) is 6.10 Å². The van der Waals surface area contributed by atoms with Gasteiger partial charge >= 0.3 is 11.9 Å². The van der Waals surface area contributed by atoms with E-state index in [9.17, 15) is 9.59 Å². The highest BCUT2D eigenvalue weighted by Gasteiger charge is 2.46. The second kappa shape index (κ2) is 20.0. The van der Waals surface area contributed by atoms with Crippen molar-refractivity contribution >= 4 is 32.4 Å². The minimum atomic E-state index is -2.22. The van der Waals surface area contributed by atoms with Crippen LogP contribution in [0, 0.1) is 16.7 Å². The van der Waals surface area contributed by atoms with E-state index in [0.717, 1.165) is 0 Å². The van der Waals surface area contributed by atoms with E-state index in [1.165, 1.54) is 12.5 Å². The van der Waals surface area contributed by atoms with Crippen molar-refractivity contribution in [2.24, 2.45) is 16.7 Å². The number of allylic oxidation sites excluding steroid dienone is 7. The summed E-state index contributed by atoms with van der Waals surface area (Å²) in [6.07, 6.45) is 32.4. The minimum absolute atomic E-state index is 0.0228. The number of cyclic esters (lactones) is 2. The van der Waals surface area contributed by atoms with E-state index in [2.05, 4.69) is 90.6 Å². The molecular weight excluding hydrogens is 789 g/mol. The zero-order chi connectivity index (χ0) is 44.6. The van der Waals surface area contributed by atoms with E-state index in [4.69, 9.17) is 32.2 Å². The van der Waals surface area contributed by atoms with Gasteiger partial charge in [0.15, 0.2) is 19.7 Å². The molecule has 0 N–H and O–H groups in total. The number of oxazole rings is 2. The number of nitrogens with zero attached hydrogens (tertiary/aromatic N) is 2. The summed E-state index contributed by atoms with van der Waals surface area (Å²) in [4.78, 5) is 35.9. The fourth-order valence-electron chi connectivity index (χ4n) is 6.61. The molecular formula is C49H66N2O9Si. The third-order valence-corrected chi connectivity index (χ3v) is 16.8. The molecule has 61 heavy (non-hydrogen) atoms. The molecule has 0 saturated carbocycles. The third-order valence-electron chi connectivity index (χ3n) is 12.4. The molecule has 4 bridgehead atoms. The molecule has 0 aromatic carbocycles. The van der Waals surface area contributed by atoms with Gasteiger partial charge in [-0.1, -0.05) is 140 Å². The Labute approximate surface area is 363 Å². The van der Waals surface area contributed by atoms with Crippen molar-refractivity contribution in [3.63, 3.8) is 0 Å². The zero-order valence-corrected chi connectivity index (χ0v) is 39.0.